The van der Waals surface area contributed by atoms with Crippen molar-refractivity contribution in [1.82, 2.24) is 15.2 Å². The van der Waals surface area contributed by atoms with E-state index < -0.39 is 0 Å². The maximum Gasteiger partial charge on any atom is 0.231 e. The van der Waals surface area contributed by atoms with E-state index in [-0.39, 0.29) is 12.8 Å². The molecule has 1 unspecified atom stereocenters. The summed E-state index contributed by atoms with van der Waals surface area (Å²) < 4.78 is 11.2. The number of fused-ring (bicyclic) bond motifs is 2. The Balaban J connectivity index is 1.64. The summed E-state index contributed by atoms with van der Waals surface area (Å²) in [6, 6.07) is 14.1. The molecule has 3 heterocycles. The lowest BCUT2D eigenvalue weighted by Crippen LogP contribution is -2.29. The molecule has 3 aromatic rings. The van der Waals surface area contributed by atoms with Crippen molar-refractivity contribution in [3.05, 3.63) is 71.0 Å². The first-order chi connectivity index (χ1) is 13.7. The molecular formula is C21H21N5O2. The van der Waals surface area contributed by atoms with Gasteiger partial charge in [-0.05, 0) is 49.2 Å². The summed E-state index contributed by atoms with van der Waals surface area (Å²) >= 11 is 0. The molecule has 7 nitrogen and oxygen atoms in total. The van der Waals surface area contributed by atoms with Gasteiger partial charge >= 0.3 is 0 Å². The normalized spacial score (nSPS) is 17.8. The molecule has 0 saturated heterocycles. The second-order valence-corrected chi connectivity index (χ2v) is 7.17. The van der Waals surface area contributed by atoms with Crippen LogP contribution in [0, 0.1) is 0 Å². The van der Waals surface area contributed by atoms with Crippen molar-refractivity contribution in [3.63, 3.8) is 0 Å². The number of nitrogens with one attached hydrogen (secondary N) is 1. The van der Waals surface area contributed by atoms with Crippen LogP contribution in [0.15, 0.2) is 53.8 Å². The predicted molar refractivity (Wildman–Crippen MR) is 106 cm³/mol. The van der Waals surface area contributed by atoms with Crippen LogP contribution in [-0.2, 0) is 13.0 Å². The van der Waals surface area contributed by atoms with Crippen molar-refractivity contribution in [3.8, 4) is 11.5 Å². The highest BCUT2D eigenvalue weighted by Gasteiger charge is 2.27. The first-order valence-corrected chi connectivity index (χ1v) is 9.29. The molecule has 0 fully saturated rings. The monoisotopic (exact) mass is 375 g/mol. The van der Waals surface area contributed by atoms with Crippen molar-refractivity contribution in [2.75, 3.05) is 12.5 Å². The highest BCUT2D eigenvalue weighted by Crippen LogP contribution is 2.37. The SMILES string of the molecule is CC1Cc2cc3c(cc2C(c2ccc(N)cc2)=NN1Cc1ccn[nH]1)OCO3. The molecule has 0 spiro atoms. The zero-order chi connectivity index (χ0) is 19.1. The lowest BCUT2D eigenvalue weighted by Gasteiger charge is -2.24. The van der Waals surface area contributed by atoms with Crippen molar-refractivity contribution < 1.29 is 9.47 Å². The van der Waals surface area contributed by atoms with E-state index in [1.54, 1.807) is 6.20 Å². The predicted octanol–water partition coefficient (Wildman–Crippen LogP) is 2.92. The van der Waals surface area contributed by atoms with Gasteiger partial charge in [0.05, 0.1) is 18.0 Å². The van der Waals surface area contributed by atoms with Crippen LogP contribution in [0.1, 0.15) is 29.3 Å². The summed E-state index contributed by atoms with van der Waals surface area (Å²) in [5.41, 5.74) is 11.8. The standard InChI is InChI=1S/C21H21N5O2/c1-13-8-15-9-19-20(28-12-27-19)10-18(15)21(14-2-4-16(22)5-3-14)25-26(13)11-17-6-7-23-24-17/h2-7,9-10,13H,8,11-12,22H2,1H3,(H,23,24). The molecular weight excluding hydrogens is 354 g/mol. The van der Waals surface area contributed by atoms with Crippen molar-refractivity contribution in [1.29, 1.82) is 0 Å². The fourth-order valence-electron chi connectivity index (χ4n) is 3.67. The maximum atomic E-state index is 5.90. The van der Waals surface area contributed by atoms with Gasteiger partial charge in [-0.3, -0.25) is 10.1 Å². The zero-order valence-electron chi connectivity index (χ0n) is 15.6. The molecule has 0 bridgehead atoms. The second kappa shape index (κ2) is 6.60. The Hall–Kier alpha value is -3.48. The minimum atomic E-state index is 0.203. The summed E-state index contributed by atoms with van der Waals surface area (Å²) in [5.74, 6) is 1.56. The summed E-state index contributed by atoms with van der Waals surface area (Å²) in [7, 11) is 0. The smallest absolute Gasteiger partial charge is 0.231 e. The summed E-state index contributed by atoms with van der Waals surface area (Å²) in [6.45, 7) is 3.09. The average molecular weight is 375 g/mol. The molecule has 1 atom stereocenters. The first kappa shape index (κ1) is 16.7. The van der Waals surface area contributed by atoms with Gasteiger partial charge in [-0.2, -0.15) is 10.2 Å². The number of aromatic nitrogens is 2. The molecule has 2 aliphatic rings. The second-order valence-electron chi connectivity index (χ2n) is 7.17. The van der Waals surface area contributed by atoms with Gasteiger partial charge in [0.25, 0.3) is 0 Å². The minimum Gasteiger partial charge on any atom is -0.454 e. The molecule has 5 rings (SSSR count). The van der Waals surface area contributed by atoms with E-state index in [0.29, 0.717) is 6.54 Å². The number of benzene rings is 2. The number of rotatable bonds is 3. The molecule has 3 N–H and O–H groups in total. The quantitative estimate of drug-likeness (QED) is 0.687. The van der Waals surface area contributed by atoms with Crippen LogP contribution in [0.4, 0.5) is 5.69 Å². The van der Waals surface area contributed by atoms with Gasteiger partial charge in [0.15, 0.2) is 11.5 Å². The molecule has 2 aliphatic heterocycles. The fourth-order valence-corrected chi connectivity index (χ4v) is 3.67. The van der Waals surface area contributed by atoms with Crippen LogP contribution in [0.3, 0.4) is 0 Å². The largest absolute Gasteiger partial charge is 0.454 e. The molecule has 0 radical (unpaired) electrons. The number of aromatic amines is 1. The minimum absolute atomic E-state index is 0.203. The van der Waals surface area contributed by atoms with E-state index in [9.17, 15) is 0 Å². The lowest BCUT2D eigenvalue weighted by molar-refractivity contribution is 0.174. The number of nitrogens with two attached hydrogens (primary N) is 1. The Kier molecular flexibility index (Phi) is 3.93. The third-order valence-corrected chi connectivity index (χ3v) is 5.18. The Morgan fingerprint density at radius 2 is 1.93 bits per heavy atom. The number of hydrogen-bond acceptors (Lipinski definition) is 6. The van der Waals surface area contributed by atoms with Crippen molar-refractivity contribution >= 4 is 11.4 Å². The highest BCUT2D eigenvalue weighted by molar-refractivity contribution is 6.14. The van der Waals surface area contributed by atoms with Gasteiger partial charge in [0, 0.05) is 29.1 Å². The topological polar surface area (TPSA) is 88.8 Å². The van der Waals surface area contributed by atoms with Crippen LogP contribution in [0.5, 0.6) is 11.5 Å². The molecule has 0 saturated carbocycles. The van der Waals surface area contributed by atoms with Crippen LogP contribution < -0.4 is 15.2 Å². The third-order valence-electron chi connectivity index (χ3n) is 5.18. The number of ether oxygens (including phenoxy) is 2. The molecule has 2 aromatic carbocycles. The molecule has 0 aliphatic carbocycles. The summed E-state index contributed by atoms with van der Waals surface area (Å²) in [5, 5.41) is 14.3. The Morgan fingerprint density at radius 3 is 2.68 bits per heavy atom. The van der Waals surface area contributed by atoms with Crippen LogP contribution in [-0.4, -0.2) is 33.8 Å². The summed E-state index contributed by atoms with van der Waals surface area (Å²) in [4.78, 5) is 0. The van der Waals surface area contributed by atoms with Crippen LogP contribution >= 0.6 is 0 Å². The Bertz CT molecular complexity index is 1030. The molecule has 1 aromatic heterocycles. The van der Waals surface area contributed by atoms with Crippen molar-refractivity contribution in [2.45, 2.75) is 25.9 Å². The average Bonchev–Trinajstić information content (AvgIpc) is 3.34. The van der Waals surface area contributed by atoms with Crippen LogP contribution in [0.25, 0.3) is 0 Å². The highest BCUT2D eigenvalue weighted by atomic mass is 16.7. The lowest BCUT2D eigenvalue weighted by atomic mass is 9.94. The number of hydrogen-bond donors (Lipinski definition) is 2. The molecule has 7 heteroatoms. The zero-order valence-corrected chi connectivity index (χ0v) is 15.6. The van der Waals surface area contributed by atoms with Gasteiger partial charge in [0.2, 0.25) is 6.79 Å². The Morgan fingerprint density at radius 1 is 1.14 bits per heavy atom. The molecule has 0 amide bonds. The maximum absolute atomic E-state index is 5.90. The van der Waals surface area contributed by atoms with Gasteiger partial charge in [-0.1, -0.05) is 12.1 Å². The first-order valence-electron chi connectivity index (χ1n) is 9.29. The molecule has 28 heavy (non-hydrogen) atoms. The van der Waals surface area contributed by atoms with E-state index in [4.69, 9.17) is 20.3 Å². The van der Waals surface area contributed by atoms with Gasteiger partial charge in [-0.25, -0.2) is 0 Å². The van der Waals surface area contributed by atoms with Gasteiger partial charge < -0.3 is 15.2 Å². The van der Waals surface area contributed by atoms with E-state index in [2.05, 4.69) is 28.2 Å². The fraction of sp³-hybridized carbons (Fsp3) is 0.238. The van der Waals surface area contributed by atoms with E-state index in [1.165, 1.54) is 5.56 Å². The summed E-state index contributed by atoms with van der Waals surface area (Å²) in [6.07, 6.45) is 2.61. The Labute approximate surface area is 162 Å². The third kappa shape index (κ3) is 2.94. The van der Waals surface area contributed by atoms with E-state index >= 15 is 0 Å². The number of H-pyrrole nitrogens is 1. The van der Waals surface area contributed by atoms with Crippen molar-refractivity contribution in [2.24, 2.45) is 5.10 Å². The number of nitrogen functional groups attached to an aromatic ring is 1. The van der Waals surface area contributed by atoms with E-state index in [0.717, 1.165) is 46.1 Å². The van der Waals surface area contributed by atoms with E-state index in [1.807, 2.05) is 36.4 Å². The number of anilines is 1. The van der Waals surface area contributed by atoms with Gasteiger partial charge in [-0.15, -0.1) is 0 Å². The molecule has 142 valence electrons. The number of hydrazone groups is 1. The van der Waals surface area contributed by atoms with Crippen LogP contribution in [0.2, 0.25) is 0 Å². The van der Waals surface area contributed by atoms with Gasteiger partial charge in [0.1, 0.15) is 0 Å². The number of nitrogens with zero attached hydrogens (tertiary/aromatic N) is 3.